The lowest BCUT2D eigenvalue weighted by Gasteiger charge is -2.31. The molecule has 0 unspecified atom stereocenters. The first-order chi connectivity index (χ1) is 12.4. The molecule has 2 rings (SSSR count). The maximum absolute atomic E-state index is 12.6. The van der Waals surface area contributed by atoms with Crippen LogP contribution in [0, 0.1) is 6.92 Å². The highest BCUT2D eigenvalue weighted by Crippen LogP contribution is 2.34. The van der Waals surface area contributed by atoms with E-state index in [2.05, 4.69) is 5.32 Å². The quantitative estimate of drug-likeness (QED) is 0.785. The van der Waals surface area contributed by atoms with Gasteiger partial charge in [0.15, 0.2) is 0 Å². The number of nitrogens with zero attached hydrogens (tertiary/aromatic N) is 1. The van der Waals surface area contributed by atoms with E-state index >= 15 is 0 Å². The first-order valence-electron chi connectivity index (χ1n) is 8.54. The van der Waals surface area contributed by atoms with E-state index in [1.54, 1.807) is 25.7 Å². The number of morpholine rings is 1. The number of esters is 2. The van der Waals surface area contributed by atoms with Gasteiger partial charge in [0.2, 0.25) is 0 Å². The van der Waals surface area contributed by atoms with Gasteiger partial charge in [0, 0.05) is 13.1 Å². The summed E-state index contributed by atoms with van der Waals surface area (Å²) in [5.41, 5.74) is 0.632. The Morgan fingerprint density at radius 3 is 2.50 bits per heavy atom. The Hall–Kier alpha value is -2.13. The van der Waals surface area contributed by atoms with Crippen molar-refractivity contribution in [3.63, 3.8) is 0 Å². The standard InChI is InChI=1S/C17H24N2O6S/c1-5-23-15(20)12-11(4)13(16(21)24-6-2)26-14(12)18-17(22)19-7-8-25-10(3)9-19/h10H,5-9H2,1-4H3,(H,18,22)/t10-/m0/s1. The summed E-state index contributed by atoms with van der Waals surface area (Å²) in [6, 6.07) is -0.345. The fourth-order valence-corrected chi connectivity index (χ4v) is 3.70. The minimum absolute atomic E-state index is 0.0563. The molecule has 9 heteroatoms. The first-order valence-corrected chi connectivity index (χ1v) is 9.35. The van der Waals surface area contributed by atoms with Crippen LogP contribution in [0.5, 0.6) is 0 Å². The Labute approximate surface area is 156 Å². The number of ether oxygens (including phenoxy) is 3. The molecule has 0 saturated carbocycles. The third kappa shape index (κ3) is 4.53. The molecule has 0 spiro atoms. The molecule has 1 aromatic rings. The summed E-state index contributed by atoms with van der Waals surface area (Å²) in [5.74, 6) is -1.11. The third-order valence-corrected chi connectivity index (χ3v) is 5.02. The average molecular weight is 384 g/mol. The van der Waals surface area contributed by atoms with Gasteiger partial charge in [-0.15, -0.1) is 11.3 Å². The van der Waals surface area contributed by atoms with Crippen molar-refractivity contribution in [1.82, 2.24) is 4.90 Å². The maximum atomic E-state index is 12.6. The fourth-order valence-electron chi connectivity index (χ4n) is 2.62. The predicted octanol–water partition coefficient (Wildman–Crippen LogP) is 2.66. The fraction of sp³-hybridized carbons (Fsp3) is 0.588. The van der Waals surface area contributed by atoms with Crippen LogP contribution in [0.15, 0.2) is 0 Å². The number of carbonyl (C=O) groups is 3. The van der Waals surface area contributed by atoms with Crippen molar-refractivity contribution in [1.29, 1.82) is 0 Å². The van der Waals surface area contributed by atoms with Crippen LogP contribution in [0.2, 0.25) is 0 Å². The number of urea groups is 1. The molecule has 8 nitrogen and oxygen atoms in total. The van der Waals surface area contributed by atoms with Crippen LogP contribution in [0.3, 0.4) is 0 Å². The van der Waals surface area contributed by atoms with Crippen molar-refractivity contribution in [3.05, 3.63) is 16.0 Å². The van der Waals surface area contributed by atoms with Crippen molar-refractivity contribution in [3.8, 4) is 0 Å². The van der Waals surface area contributed by atoms with Gasteiger partial charge in [-0.2, -0.15) is 0 Å². The Morgan fingerprint density at radius 2 is 1.88 bits per heavy atom. The maximum Gasteiger partial charge on any atom is 0.348 e. The van der Waals surface area contributed by atoms with Crippen LogP contribution in [0.4, 0.5) is 9.80 Å². The normalized spacial score (nSPS) is 16.9. The molecular formula is C17H24N2O6S. The Morgan fingerprint density at radius 1 is 1.23 bits per heavy atom. The number of hydrogen-bond donors (Lipinski definition) is 1. The van der Waals surface area contributed by atoms with Gasteiger partial charge >= 0.3 is 18.0 Å². The molecule has 0 bridgehead atoms. The van der Waals surface area contributed by atoms with Crippen LogP contribution in [0.1, 0.15) is 46.4 Å². The number of rotatable bonds is 5. The van der Waals surface area contributed by atoms with Crippen LogP contribution >= 0.6 is 11.3 Å². The lowest BCUT2D eigenvalue weighted by Crippen LogP contribution is -2.46. The molecule has 2 heterocycles. The SMILES string of the molecule is CCOC(=O)c1sc(NC(=O)N2CCO[C@@H](C)C2)c(C(=O)OCC)c1C. The molecule has 0 aliphatic carbocycles. The van der Waals surface area contributed by atoms with E-state index in [0.29, 0.717) is 25.3 Å². The molecule has 0 aromatic carbocycles. The number of amides is 2. The zero-order valence-corrected chi connectivity index (χ0v) is 16.2. The second-order valence-corrected chi connectivity index (χ2v) is 6.78. The monoisotopic (exact) mass is 384 g/mol. The first kappa shape index (κ1) is 20.2. The Bertz CT molecular complexity index is 687. The topological polar surface area (TPSA) is 94.2 Å². The number of nitrogens with one attached hydrogen (secondary N) is 1. The van der Waals surface area contributed by atoms with E-state index in [1.165, 1.54) is 0 Å². The lowest BCUT2D eigenvalue weighted by molar-refractivity contribution is -0.00138. The zero-order valence-electron chi connectivity index (χ0n) is 15.4. The van der Waals surface area contributed by atoms with Crippen molar-refractivity contribution < 1.29 is 28.6 Å². The van der Waals surface area contributed by atoms with Gasteiger partial charge in [0.1, 0.15) is 9.88 Å². The summed E-state index contributed by atoms with van der Waals surface area (Å²) in [6.45, 7) is 8.70. The molecule has 1 N–H and O–H groups in total. The minimum Gasteiger partial charge on any atom is -0.462 e. The molecule has 1 fully saturated rings. The second-order valence-electron chi connectivity index (χ2n) is 5.76. The van der Waals surface area contributed by atoms with Crippen LogP contribution in [-0.4, -0.2) is 61.9 Å². The van der Waals surface area contributed by atoms with E-state index < -0.39 is 11.9 Å². The van der Waals surface area contributed by atoms with E-state index in [0.717, 1.165) is 11.3 Å². The molecule has 1 aliphatic rings. The van der Waals surface area contributed by atoms with Crippen molar-refractivity contribution >= 4 is 34.3 Å². The summed E-state index contributed by atoms with van der Waals surface area (Å²) in [4.78, 5) is 38.9. The molecule has 26 heavy (non-hydrogen) atoms. The number of anilines is 1. The van der Waals surface area contributed by atoms with Gasteiger partial charge in [-0.25, -0.2) is 14.4 Å². The highest BCUT2D eigenvalue weighted by atomic mass is 32.1. The molecule has 1 atom stereocenters. The van der Waals surface area contributed by atoms with Gasteiger partial charge < -0.3 is 19.1 Å². The summed E-state index contributed by atoms with van der Waals surface area (Å²) in [6.07, 6.45) is -0.0563. The van der Waals surface area contributed by atoms with Crippen LogP contribution in [-0.2, 0) is 14.2 Å². The molecule has 1 aliphatic heterocycles. The average Bonchev–Trinajstić information content (AvgIpc) is 2.91. The summed E-state index contributed by atoms with van der Waals surface area (Å²) in [5, 5.41) is 3.02. The molecular weight excluding hydrogens is 360 g/mol. The predicted molar refractivity (Wildman–Crippen MR) is 97.0 cm³/mol. The highest BCUT2D eigenvalue weighted by molar-refractivity contribution is 7.18. The smallest absolute Gasteiger partial charge is 0.348 e. The van der Waals surface area contributed by atoms with E-state index in [-0.39, 0.29) is 40.8 Å². The highest BCUT2D eigenvalue weighted by Gasteiger charge is 2.29. The minimum atomic E-state index is -0.581. The van der Waals surface area contributed by atoms with Gasteiger partial charge in [-0.1, -0.05) is 0 Å². The molecule has 1 saturated heterocycles. The number of carbonyl (C=O) groups excluding carboxylic acids is 3. The van der Waals surface area contributed by atoms with Crippen LogP contribution in [0.25, 0.3) is 0 Å². The molecule has 2 amide bonds. The number of thiophene rings is 1. The largest absolute Gasteiger partial charge is 0.462 e. The number of hydrogen-bond acceptors (Lipinski definition) is 7. The summed E-state index contributed by atoms with van der Waals surface area (Å²) >= 11 is 1.02. The van der Waals surface area contributed by atoms with E-state index in [9.17, 15) is 14.4 Å². The lowest BCUT2D eigenvalue weighted by atomic mass is 10.1. The van der Waals surface area contributed by atoms with Crippen molar-refractivity contribution in [2.24, 2.45) is 0 Å². The van der Waals surface area contributed by atoms with Gasteiger partial charge in [-0.3, -0.25) is 5.32 Å². The summed E-state index contributed by atoms with van der Waals surface area (Å²) < 4.78 is 15.5. The third-order valence-electron chi connectivity index (χ3n) is 3.84. The molecule has 1 aromatic heterocycles. The van der Waals surface area contributed by atoms with Crippen molar-refractivity contribution in [2.45, 2.75) is 33.8 Å². The summed E-state index contributed by atoms with van der Waals surface area (Å²) in [7, 11) is 0. The molecule has 144 valence electrons. The molecule has 0 radical (unpaired) electrons. The Kier molecular flexibility index (Phi) is 6.98. The van der Waals surface area contributed by atoms with Crippen molar-refractivity contribution in [2.75, 3.05) is 38.2 Å². The zero-order chi connectivity index (χ0) is 19.3. The van der Waals surface area contributed by atoms with Gasteiger partial charge in [-0.05, 0) is 33.3 Å². The van der Waals surface area contributed by atoms with E-state index in [1.807, 2.05) is 6.92 Å². The van der Waals surface area contributed by atoms with Crippen LogP contribution < -0.4 is 5.32 Å². The van der Waals surface area contributed by atoms with E-state index in [4.69, 9.17) is 14.2 Å². The Balaban J connectivity index is 2.29. The van der Waals surface area contributed by atoms with Gasteiger partial charge in [0.05, 0.1) is 31.5 Å². The second kappa shape index (κ2) is 9.00. The van der Waals surface area contributed by atoms with Gasteiger partial charge in [0.25, 0.3) is 0 Å².